The minimum Gasteiger partial charge on any atom is -0.384 e. The molecule has 1 aromatic rings. The summed E-state index contributed by atoms with van der Waals surface area (Å²) in [6.45, 7) is 2.94. The average Bonchev–Trinajstić information content (AvgIpc) is 2.46. The zero-order valence-electron chi connectivity index (χ0n) is 13.6. The number of halogens is 6. The summed E-state index contributed by atoms with van der Waals surface area (Å²) in [4.78, 5) is 3.71. The Morgan fingerprint density at radius 3 is 2.32 bits per heavy atom. The van der Waals surface area contributed by atoms with Gasteiger partial charge in [-0.2, -0.15) is 13.2 Å². The van der Waals surface area contributed by atoms with Gasteiger partial charge >= 0.3 is 6.18 Å². The molecule has 0 saturated heterocycles. The minimum absolute atomic E-state index is 0.0477. The summed E-state index contributed by atoms with van der Waals surface area (Å²) in [5.74, 6) is -1.09. The van der Waals surface area contributed by atoms with Crippen molar-refractivity contribution >= 4 is 26.9 Å². The van der Waals surface area contributed by atoms with E-state index in [9.17, 15) is 31.3 Å². The molecule has 4 nitrogen and oxygen atoms in total. The molecular weight excluding hydrogens is 435 g/mol. The predicted molar refractivity (Wildman–Crippen MR) is 87.3 cm³/mol. The van der Waals surface area contributed by atoms with Crippen molar-refractivity contribution in [3.63, 3.8) is 0 Å². The van der Waals surface area contributed by atoms with Gasteiger partial charge in [0.2, 0.25) is 0 Å². The normalized spacial score (nSPS) is 17.8. The lowest BCUT2D eigenvalue weighted by molar-refractivity contribution is -0.210. The molecule has 0 spiro atoms. The van der Waals surface area contributed by atoms with Crippen LogP contribution in [-0.2, 0) is 16.5 Å². The van der Waals surface area contributed by atoms with Crippen LogP contribution >= 0.6 is 15.9 Å². The van der Waals surface area contributed by atoms with Crippen molar-refractivity contribution in [3.8, 4) is 0 Å². The van der Waals surface area contributed by atoms with Gasteiger partial charge in [-0.25, -0.2) is 22.7 Å². The van der Waals surface area contributed by atoms with E-state index in [2.05, 4.69) is 25.6 Å². The molecule has 25 heavy (non-hydrogen) atoms. The number of nitrogens with one attached hydrogen (secondary N) is 1. The largest absolute Gasteiger partial charge is 0.414 e. The first kappa shape index (κ1) is 22.4. The van der Waals surface area contributed by atoms with E-state index in [0.717, 1.165) is 6.07 Å². The van der Waals surface area contributed by atoms with Crippen molar-refractivity contribution < 1.29 is 31.3 Å². The van der Waals surface area contributed by atoms with Crippen LogP contribution in [0.4, 0.5) is 22.0 Å². The maximum Gasteiger partial charge on any atom is 0.414 e. The Kier molecular flexibility index (Phi) is 7.10. The molecular formula is C14H18BrF5N2O2S. The molecule has 1 rings (SSSR count). The smallest absolute Gasteiger partial charge is 0.384 e. The Morgan fingerprint density at radius 1 is 1.32 bits per heavy atom. The summed E-state index contributed by atoms with van der Waals surface area (Å²) in [5.41, 5.74) is -3.13. The van der Waals surface area contributed by atoms with E-state index in [4.69, 9.17) is 0 Å². The standard InChI is InChI=1S/C14H18BrF5N2O2S/c1-12(2,3)25(24)22-13(7-16,6-9(23)14(18,19)20)11-8(17)4-5-10(15)21-11/h4-5,9,22-23H,6-7H2,1-3H3. The van der Waals surface area contributed by atoms with Crippen molar-refractivity contribution in [2.75, 3.05) is 6.67 Å². The Hall–Kier alpha value is -0.650. The number of rotatable bonds is 6. The fourth-order valence-electron chi connectivity index (χ4n) is 1.86. The van der Waals surface area contributed by atoms with E-state index in [-0.39, 0.29) is 4.60 Å². The zero-order chi connectivity index (χ0) is 19.6. The Labute approximate surface area is 152 Å². The first-order chi connectivity index (χ1) is 11.2. The third-order valence-electron chi connectivity index (χ3n) is 3.26. The lowest BCUT2D eigenvalue weighted by atomic mass is 9.89. The highest BCUT2D eigenvalue weighted by Crippen LogP contribution is 2.35. The van der Waals surface area contributed by atoms with Gasteiger partial charge in [0.15, 0.2) is 6.10 Å². The SMILES string of the molecule is CC(C)(C)S(=O)NC(CF)(CC(O)C(F)(F)F)c1nc(Br)ccc1F. The van der Waals surface area contributed by atoms with Crippen LogP contribution in [0.5, 0.6) is 0 Å². The van der Waals surface area contributed by atoms with Crippen molar-refractivity contribution in [2.24, 2.45) is 0 Å². The molecule has 3 unspecified atom stereocenters. The monoisotopic (exact) mass is 452 g/mol. The van der Waals surface area contributed by atoms with Gasteiger partial charge in [-0.1, -0.05) is 0 Å². The van der Waals surface area contributed by atoms with Crippen LogP contribution in [0.25, 0.3) is 0 Å². The maximum atomic E-state index is 14.2. The number of aliphatic hydroxyl groups excluding tert-OH is 1. The first-order valence-electron chi connectivity index (χ1n) is 7.06. The van der Waals surface area contributed by atoms with E-state index in [1.54, 1.807) is 0 Å². The summed E-state index contributed by atoms with van der Waals surface area (Å²) in [7, 11) is -2.06. The van der Waals surface area contributed by atoms with E-state index in [1.165, 1.54) is 26.8 Å². The molecule has 0 radical (unpaired) electrons. The topological polar surface area (TPSA) is 62.2 Å². The van der Waals surface area contributed by atoms with E-state index in [1.807, 2.05) is 0 Å². The number of aromatic nitrogens is 1. The van der Waals surface area contributed by atoms with Gasteiger partial charge in [0, 0.05) is 6.42 Å². The number of pyridine rings is 1. The van der Waals surface area contributed by atoms with Crippen LogP contribution in [-0.4, -0.2) is 38.0 Å². The first-order valence-corrected chi connectivity index (χ1v) is 9.00. The molecule has 0 aromatic carbocycles. The number of nitrogens with zero attached hydrogens (tertiary/aromatic N) is 1. The van der Waals surface area contributed by atoms with Gasteiger partial charge in [0.25, 0.3) is 0 Å². The number of alkyl halides is 4. The van der Waals surface area contributed by atoms with Gasteiger partial charge in [-0.3, -0.25) is 0 Å². The summed E-state index contributed by atoms with van der Waals surface area (Å²) in [6.07, 6.45) is -9.32. The van der Waals surface area contributed by atoms with Gasteiger partial charge in [-0.05, 0) is 48.8 Å². The molecule has 1 aromatic heterocycles. The van der Waals surface area contributed by atoms with Crippen LogP contribution in [0.15, 0.2) is 16.7 Å². The molecule has 0 fully saturated rings. The van der Waals surface area contributed by atoms with E-state index >= 15 is 0 Å². The molecule has 0 amide bonds. The fourth-order valence-corrected chi connectivity index (χ4v) is 3.07. The van der Waals surface area contributed by atoms with Crippen molar-refractivity contribution in [1.82, 2.24) is 9.71 Å². The van der Waals surface area contributed by atoms with Crippen LogP contribution in [0.3, 0.4) is 0 Å². The fraction of sp³-hybridized carbons (Fsp3) is 0.643. The lowest BCUT2D eigenvalue weighted by Gasteiger charge is -2.35. The van der Waals surface area contributed by atoms with Gasteiger partial charge in [0.1, 0.15) is 28.3 Å². The highest BCUT2D eigenvalue weighted by Gasteiger charge is 2.48. The van der Waals surface area contributed by atoms with Gasteiger partial charge in [-0.15, -0.1) is 0 Å². The Balaban J connectivity index is 3.47. The Morgan fingerprint density at radius 2 is 1.88 bits per heavy atom. The average molecular weight is 453 g/mol. The third kappa shape index (κ3) is 5.66. The number of hydrogen-bond acceptors (Lipinski definition) is 3. The second-order valence-electron chi connectivity index (χ2n) is 6.42. The molecule has 1 heterocycles. The summed E-state index contributed by atoms with van der Waals surface area (Å²) >= 11 is 2.94. The number of hydrogen-bond donors (Lipinski definition) is 2. The van der Waals surface area contributed by atoms with E-state index in [0.29, 0.717) is 0 Å². The second-order valence-corrected chi connectivity index (χ2v) is 9.20. The molecule has 0 aliphatic carbocycles. The molecule has 144 valence electrons. The van der Waals surface area contributed by atoms with Gasteiger partial charge < -0.3 is 5.11 Å². The highest BCUT2D eigenvalue weighted by molar-refractivity contribution is 9.10. The van der Waals surface area contributed by atoms with Crippen molar-refractivity contribution in [3.05, 3.63) is 28.2 Å². The maximum absolute atomic E-state index is 14.2. The lowest BCUT2D eigenvalue weighted by Crippen LogP contribution is -2.53. The predicted octanol–water partition coefficient (Wildman–Crippen LogP) is 3.51. The van der Waals surface area contributed by atoms with Crippen molar-refractivity contribution in [1.29, 1.82) is 0 Å². The van der Waals surface area contributed by atoms with Crippen molar-refractivity contribution in [2.45, 2.75) is 49.8 Å². The Bertz CT molecular complexity index is 639. The molecule has 2 N–H and O–H groups in total. The molecule has 0 saturated carbocycles. The van der Waals surface area contributed by atoms with Crippen LogP contribution in [0.2, 0.25) is 0 Å². The highest BCUT2D eigenvalue weighted by atomic mass is 79.9. The summed E-state index contributed by atoms with van der Waals surface area (Å²) in [6, 6.07) is 2.07. The molecule has 11 heteroatoms. The summed E-state index contributed by atoms with van der Waals surface area (Å²) in [5, 5.41) is 9.40. The molecule has 0 aliphatic rings. The van der Waals surface area contributed by atoms with Gasteiger partial charge in [0.05, 0.1) is 15.7 Å². The minimum atomic E-state index is -5.06. The summed E-state index contributed by atoms with van der Waals surface area (Å²) < 4.78 is 80.1. The molecule has 0 bridgehead atoms. The number of aliphatic hydroxyl groups is 1. The molecule has 0 aliphatic heterocycles. The van der Waals surface area contributed by atoms with Crippen LogP contribution in [0, 0.1) is 5.82 Å². The quantitative estimate of drug-likeness (QED) is 0.512. The molecule has 3 atom stereocenters. The third-order valence-corrected chi connectivity index (χ3v) is 5.39. The van der Waals surface area contributed by atoms with Crippen LogP contribution < -0.4 is 4.72 Å². The zero-order valence-corrected chi connectivity index (χ0v) is 16.0. The second kappa shape index (κ2) is 7.93. The van der Waals surface area contributed by atoms with Crippen LogP contribution in [0.1, 0.15) is 32.9 Å². The van der Waals surface area contributed by atoms with E-state index < -0.39 is 58.2 Å².